The van der Waals surface area contributed by atoms with E-state index in [1.807, 2.05) is 13.8 Å². The molecule has 0 aliphatic carbocycles. The molecule has 2 aromatic carbocycles. The highest BCUT2D eigenvalue weighted by molar-refractivity contribution is 6.42. The van der Waals surface area contributed by atoms with Gasteiger partial charge in [0.05, 0.1) is 16.8 Å². The Kier molecular flexibility index (Phi) is 5.28. The summed E-state index contributed by atoms with van der Waals surface area (Å²) in [4.78, 5) is 38.3. The molecule has 0 aromatic heterocycles. The molecule has 0 atom stereocenters. The fraction of sp³-hybridized carbons (Fsp3) is 0.150. The van der Waals surface area contributed by atoms with Crippen molar-refractivity contribution in [3.05, 3.63) is 64.7 Å². The monoisotopic (exact) mass is 384 g/mol. The summed E-state index contributed by atoms with van der Waals surface area (Å²) in [5.41, 5.74) is 0.569. The molecule has 1 aliphatic rings. The molecule has 1 heterocycles. The maximum absolute atomic E-state index is 12.9. The molecule has 7 heteroatoms. The van der Waals surface area contributed by atoms with Crippen LogP contribution in [0.15, 0.2) is 54.1 Å². The van der Waals surface area contributed by atoms with Crippen molar-refractivity contribution >= 4 is 41.2 Å². The Morgan fingerprint density at radius 2 is 1.70 bits per heavy atom. The first-order valence-corrected chi connectivity index (χ1v) is 8.68. The molecule has 138 valence electrons. The van der Waals surface area contributed by atoms with Crippen molar-refractivity contribution in [1.29, 1.82) is 0 Å². The third-order valence-electron chi connectivity index (χ3n) is 3.78. The first-order chi connectivity index (χ1) is 12.9. The maximum atomic E-state index is 12.9. The summed E-state index contributed by atoms with van der Waals surface area (Å²) in [5, 5.41) is 2.40. The van der Waals surface area contributed by atoms with Gasteiger partial charge in [-0.2, -0.15) is 0 Å². The van der Waals surface area contributed by atoms with Gasteiger partial charge in [-0.05, 0) is 38.1 Å². The minimum Gasteiger partial charge on any atom is -0.490 e. The fourth-order valence-electron chi connectivity index (χ4n) is 2.63. The van der Waals surface area contributed by atoms with Gasteiger partial charge >= 0.3 is 6.03 Å². The van der Waals surface area contributed by atoms with Gasteiger partial charge in [0.1, 0.15) is 11.3 Å². The zero-order valence-corrected chi connectivity index (χ0v) is 15.5. The van der Waals surface area contributed by atoms with Gasteiger partial charge in [-0.25, -0.2) is 9.69 Å². The minimum absolute atomic E-state index is 0.0818. The highest BCUT2D eigenvalue weighted by Crippen LogP contribution is 2.30. The minimum atomic E-state index is -0.845. The standard InChI is InChI=1S/C20H17ClN2O4/c1-12(2)27-17-10-6-3-7-13(17)11-14-18(24)22-20(26)23(19(14)25)16-9-5-4-8-15(16)21/h3-12H,1-2H3,(H,22,24,26)/b14-11+. The lowest BCUT2D eigenvalue weighted by Crippen LogP contribution is -2.54. The number of rotatable bonds is 4. The lowest BCUT2D eigenvalue weighted by molar-refractivity contribution is -0.122. The lowest BCUT2D eigenvalue weighted by atomic mass is 10.1. The quantitative estimate of drug-likeness (QED) is 0.642. The molecule has 0 spiro atoms. The molecule has 6 nitrogen and oxygen atoms in total. The van der Waals surface area contributed by atoms with Gasteiger partial charge in [-0.1, -0.05) is 41.9 Å². The van der Waals surface area contributed by atoms with Gasteiger partial charge in [0.2, 0.25) is 0 Å². The fourth-order valence-corrected chi connectivity index (χ4v) is 2.85. The van der Waals surface area contributed by atoms with Gasteiger partial charge in [-0.3, -0.25) is 14.9 Å². The zero-order valence-electron chi connectivity index (χ0n) is 14.7. The first kappa shape index (κ1) is 18.7. The molecule has 1 saturated heterocycles. The number of carbonyl (C=O) groups is 3. The van der Waals surface area contributed by atoms with Crippen molar-refractivity contribution in [2.45, 2.75) is 20.0 Å². The molecule has 0 unspecified atom stereocenters. The number of amides is 4. The Labute approximate surface area is 161 Å². The van der Waals surface area contributed by atoms with E-state index in [1.54, 1.807) is 42.5 Å². The van der Waals surface area contributed by atoms with Crippen LogP contribution in [0.3, 0.4) is 0 Å². The Bertz CT molecular complexity index is 953. The summed E-state index contributed by atoms with van der Waals surface area (Å²) in [5.74, 6) is -0.995. The van der Waals surface area contributed by atoms with Crippen LogP contribution >= 0.6 is 11.6 Å². The number of hydrogen-bond acceptors (Lipinski definition) is 4. The Morgan fingerprint density at radius 3 is 2.41 bits per heavy atom. The Balaban J connectivity index is 2.04. The van der Waals surface area contributed by atoms with E-state index in [0.717, 1.165) is 4.90 Å². The maximum Gasteiger partial charge on any atom is 0.335 e. The number of barbiturate groups is 1. The molecule has 3 rings (SSSR count). The molecule has 0 saturated carbocycles. The number of para-hydroxylation sites is 2. The Hall–Kier alpha value is -3.12. The van der Waals surface area contributed by atoms with Gasteiger partial charge in [0.15, 0.2) is 0 Å². The van der Waals surface area contributed by atoms with E-state index >= 15 is 0 Å². The normalized spacial score (nSPS) is 16.1. The second-order valence-electron chi connectivity index (χ2n) is 6.11. The van der Waals surface area contributed by atoms with Crippen molar-refractivity contribution < 1.29 is 19.1 Å². The highest BCUT2D eigenvalue weighted by atomic mass is 35.5. The van der Waals surface area contributed by atoms with Gasteiger partial charge in [0.25, 0.3) is 11.8 Å². The van der Waals surface area contributed by atoms with Crippen LogP contribution in [0, 0.1) is 0 Å². The summed E-state index contributed by atoms with van der Waals surface area (Å²) in [7, 11) is 0. The van der Waals surface area contributed by atoms with Crippen LogP contribution in [0.25, 0.3) is 6.08 Å². The predicted molar refractivity (Wildman–Crippen MR) is 103 cm³/mol. The van der Waals surface area contributed by atoms with E-state index in [4.69, 9.17) is 16.3 Å². The van der Waals surface area contributed by atoms with Gasteiger partial charge in [0, 0.05) is 5.56 Å². The summed E-state index contributed by atoms with van der Waals surface area (Å²) in [6.45, 7) is 3.75. The van der Waals surface area contributed by atoms with Crippen LogP contribution in [-0.2, 0) is 9.59 Å². The second-order valence-corrected chi connectivity index (χ2v) is 6.52. The molecule has 27 heavy (non-hydrogen) atoms. The number of anilines is 1. The number of imide groups is 2. The molecule has 1 fully saturated rings. The molecule has 4 amide bonds. The van der Waals surface area contributed by atoms with Crippen molar-refractivity contribution in [2.24, 2.45) is 0 Å². The summed E-state index contributed by atoms with van der Waals surface area (Å²) < 4.78 is 5.72. The topological polar surface area (TPSA) is 75.7 Å². The number of hydrogen-bond donors (Lipinski definition) is 1. The molecular weight excluding hydrogens is 368 g/mol. The van der Waals surface area contributed by atoms with E-state index < -0.39 is 17.8 Å². The lowest BCUT2D eigenvalue weighted by Gasteiger charge is -2.27. The van der Waals surface area contributed by atoms with Gasteiger partial charge < -0.3 is 4.74 Å². The van der Waals surface area contributed by atoms with E-state index in [0.29, 0.717) is 11.3 Å². The second kappa shape index (κ2) is 7.63. The molecule has 2 aromatic rings. The van der Waals surface area contributed by atoms with Crippen LogP contribution < -0.4 is 15.0 Å². The third kappa shape index (κ3) is 3.85. The highest BCUT2D eigenvalue weighted by Gasteiger charge is 2.37. The Morgan fingerprint density at radius 1 is 1.04 bits per heavy atom. The number of carbonyl (C=O) groups excluding carboxylic acids is 3. The molecule has 1 N–H and O–H groups in total. The van der Waals surface area contributed by atoms with Crippen LogP contribution in [0.5, 0.6) is 5.75 Å². The number of nitrogens with one attached hydrogen (secondary N) is 1. The van der Waals surface area contributed by atoms with Crippen LogP contribution in [0.4, 0.5) is 10.5 Å². The smallest absolute Gasteiger partial charge is 0.335 e. The van der Waals surface area contributed by atoms with Crippen LogP contribution in [-0.4, -0.2) is 23.9 Å². The average Bonchev–Trinajstić information content (AvgIpc) is 2.61. The van der Waals surface area contributed by atoms with E-state index in [9.17, 15) is 14.4 Å². The number of halogens is 1. The van der Waals surface area contributed by atoms with Gasteiger partial charge in [-0.15, -0.1) is 0 Å². The van der Waals surface area contributed by atoms with Crippen molar-refractivity contribution in [3.8, 4) is 5.75 Å². The zero-order chi connectivity index (χ0) is 19.6. The van der Waals surface area contributed by atoms with Crippen molar-refractivity contribution in [3.63, 3.8) is 0 Å². The average molecular weight is 385 g/mol. The molecule has 1 aliphatic heterocycles. The molecule has 0 radical (unpaired) electrons. The number of nitrogens with zero attached hydrogens (tertiary/aromatic N) is 1. The number of benzene rings is 2. The van der Waals surface area contributed by atoms with E-state index in [1.165, 1.54) is 12.1 Å². The predicted octanol–water partition coefficient (Wildman–Crippen LogP) is 3.79. The number of urea groups is 1. The molecular formula is C20H17ClN2O4. The number of ether oxygens (including phenoxy) is 1. The van der Waals surface area contributed by atoms with Crippen LogP contribution in [0.1, 0.15) is 19.4 Å². The summed E-state index contributed by atoms with van der Waals surface area (Å²) in [6.07, 6.45) is 1.33. The summed E-state index contributed by atoms with van der Waals surface area (Å²) in [6, 6.07) is 12.6. The molecule has 0 bridgehead atoms. The van der Waals surface area contributed by atoms with Crippen LogP contribution in [0.2, 0.25) is 5.02 Å². The van der Waals surface area contributed by atoms with E-state index in [2.05, 4.69) is 5.32 Å². The SMILES string of the molecule is CC(C)Oc1ccccc1/C=C1\C(=O)NC(=O)N(c2ccccc2Cl)C1=O. The van der Waals surface area contributed by atoms with E-state index in [-0.39, 0.29) is 22.4 Å². The third-order valence-corrected chi connectivity index (χ3v) is 4.10. The van der Waals surface area contributed by atoms with Crippen molar-refractivity contribution in [2.75, 3.05) is 4.90 Å². The first-order valence-electron chi connectivity index (χ1n) is 8.30. The summed E-state index contributed by atoms with van der Waals surface area (Å²) >= 11 is 6.12. The largest absolute Gasteiger partial charge is 0.490 e. The van der Waals surface area contributed by atoms with Crippen molar-refractivity contribution in [1.82, 2.24) is 5.32 Å².